The van der Waals surface area contributed by atoms with E-state index in [1.807, 2.05) is 6.92 Å². The Morgan fingerprint density at radius 1 is 1.75 bits per heavy atom. The highest BCUT2D eigenvalue weighted by atomic mass is 16.7. The van der Waals surface area contributed by atoms with E-state index in [9.17, 15) is 4.79 Å². The van der Waals surface area contributed by atoms with E-state index < -0.39 is 0 Å². The van der Waals surface area contributed by atoms with Crippen LogP contribution in [0.2, 0.25) is 6.32 Å². The van der Waals surface area contributed by atoms with Crippen molar-refractivity contribution >= 4 is 13.1 Å². The SMILES string of the molecule is CCB1OCC(COC(C)=O)O1. The van der Waals surface area contributed by atoms with Crippen LogP contribution in [0.15, 0.2) is 0 Å². The first-order valence-corrected chi connectivity index (χ1v) is 4.12. The van der Waals surface area contributed by atoms with E-state index in [-0.39, 0.29) is 19.2 Å². The van der Waals surface area contributed by atoms with E-state index in [1.54, 1.807) is 0 Å². The van der Waals surface area contributed by atoms with Gasteiger partial charge in [-0.05, 0) is 6.32 Å². The van der Waals surface area contributed by atoms with Crippen LogP contribution in [0.4, 0.5) is 0 Å². The fourth-order valence-electron chi connectivity index (χ4n) is 1.02. The van der Waals surface area contributed by atoms with Gasteiger partial charge >= 0.3 is 13.1 Å². The summed E-state index contributed by atoms with van der Waals surface area (Å²) in [6.45, 7) is 4.18. The van der Waals surface area contributed by atoms with Crippen molar-refractivity contribution in [2.24, 2.45) is 0 Å². The van der Waals surface area contributed by atoms with Crippen molar-refractivity contribution in [3.8, 4) is 0 Å². The van der Waals surface area contributed by atoms with E-state index in [1.165, 1.54) is 6.92 Å². The number of hydrogen-bond acceptors (Lipinski definition) is 4. The van der Waals surface area contributed by atoms with Gasteiger partial charge in [0.1, 0.15) is 6.61 Å². The third kappa shape index (κ3) is 2.83. The predicted octanol–water partition coefficient (Wildman–Crippen LogP) is 0.473. The summed E-state index contributed by atoms with van der Waals surface area (Å²) in [5.74, 6) is -0.279. The smallest absolute Gasteiger partial charge is 0.457 e. The maximum atomic E-state index is 10.4. The molecule has 1 rings (SSSR count). The van der Waals surface area contributed by atoms with Crippen molar-refractivity contribution < 1.29 is 18.8 Å². The summed E-state index contributed by atoms with van der Waals surface area (Å²) < 4.78 is 15.4. The highest BCUT2D eigenvalue weighted by molar-refractivity contribution is 6.44. The average molecular weight is 172 g/mol. The molecule has 1 aliphatic rings. The van der Waals surface area contributed by atoms with Crippen LogP contribution in [0.25, 0.3) is 0 Å². The van der Waals surface area contributed by atoms with Crippen LogP contribution < -0.4 is 0 Å². The van der Waals surface area contributed by atoms with Crippen LogP contribution in [0.3, 0.4) is 0 Å². The number of rotatable bonds is 3. The minimum absolute atomic E-state index is 0.0844. The van der Waals surface area contributed by atoms with Gasteiger partial charge in [0, 0.05) is 6.92 Å². The largest absolute Gasteiger partial charge is 0.463 e. The Morgan fingerprint density at radius 3 is 3.00 bits per heavy atom. The summed E-state index contributed by atoms with van der Waals surface area (Å²) in [5.41, 5.74) is 0. The molecule has 1 saturated heterocycles. The molecule has 1 fully saturated rings. The summed E-state index contributed by atoms with van der Waals surface area (Å²) in [4.78, 5) is 10.4. The third-order valence-corrected chi connectivity index (χ3v) is 1.62. The number of hydrogen-bond donors (Lipinski definition) is 0. The molecule has 0 bridgehead atoms. The number of carbonyl (C=O) groups is 1. The highest BCUT2D eigenvalue weighted by Crippen LogP contribution is 2.11. The highest BCUT2D eigenvalue weighted by Gasteiger charge is 2.29. The van der Waals surface area contributed by atoms with Crippen molar-refractivity contribution in [3.05, 3.63) is 0 Å². The second-order valence-corrected chi connectivity index (χ2v) is 2.73. The molecule has 0 aromatic heterocycles. The Morgan fingerprint density at radius 2 is 2.50 bits per heavy atom. The Kier molecular flexibility index (Phi) is 3.56. The third-order valence-electron chi connectivity index (χ3n) is 1.62. The van der Waals surface area contributed by atoms with Crippen molar-refractivity contribution in [3.63, 3.8) is 0 Å². The van der Waals surface area contributed by atoms with Crippen LogP contribution >= 0.6 is 0 Å². The molecule has 68 valence electrons. The zero-order valence-electron chi connectivity index (χ0n) is 7.41. The zero-order chi connectivity index (χ0) is 8.97. The molecular formula is C7H13BO4. The van der Waals surface area contributed by atoms with Gasteiger partial charge in [-0.15, -0.1) is 0 Å². The lowest BCUT2D eigenvalue weighted by molar-refractivity contribution is -0.143. The molecule has 1 aliphatic heterocycles. The summed E-state index contributed by atoms with van der Waals surface area (Å²) in [6.07, 6.45) is 0.746. The molecule has 1 heterocycles. The second-order valence-electron chi connectivity index (χ2n) is 2.73. The molecule has 1 atom stereocenters. The maximum Gasteiger partial charge on any atom is 0.457 e. The van der Waals surface area contributed by atoms with Crippen LogP contribution in [-0.4, -0.2) is 32.4 Å². The number of esters is 1. The fourth-order valence-corrected chi connectivity index (χ4v) is 1.02. The molecule has 0 N–H and O–H groups in total. The molecule has 0 spiro atoms. The molecule has 0 aromatic carbocycles. The summed E-state index contributed by atoms with van der Waals surface area (Å²) >= 11 is 0. The van der Waals surface area contributed by atoms with E-state index >= 15 is 0 Å². The van der Waals surface area contributed by atoms with Gasteiger partial charge in [0.25, 0.3) is 0 Å². The topological polar surface area (TPSA) is 44.8 Å². The fraction of sp³-hybridized carbons (Fsp3) is 0.857. The van der Waals surface area contributed by atoms with Gasteiger partial charge in [-0.3, -0.25) is 4.79 Å². The van der Waals surface area contributed by atoms with Gasteiger partial charge in [0.05, 0.1) is 12.7 Å². The lowest BCUT2D eigenvalue weighted by Gasteiger charge is -2.08. The van der Waals surface area contributed by atoms with Gasteiger partial charge in [0.2, 0.25) is 0 Å². The first kappa shape index (κ1) is 9.54. The Balaban J connectivity index is 2.15. The monoisotopic (exact) mass is 172 g/mol. The van der Waals surface area contributed by atoms with Crippen molar-refractivity contribution in [1.82, 2.24) is 0 Å². The van der Waals surface area contributed by atoms with Crippen LogP contribution in [-0.2, 0) is 18.8 Å². The second kappa shape index (κ2) is 4.47. The van der Waals surface area contributed by atoms with E-state index in [4.69, 9.17) is 14.0 Å². The number of ether oxygens (including phenoxy) is 1. The summed E-state index contributed by atoms with van der Waals surface area (Å²) in [6, 6.07) is 0. The molecule has 0 radical (unpaired) electrons. The molecule has 4 nitrogen and oxygen atoms in total. The van der Waals surface area contributed by atoms with Gasteiger partial charge in [-0.1, -0.05) is 6.92 Å². The Labute approximate surface area is 72.3 Å². The first-order chi connectivity index (χ1) is 5.72. The summed E-state index contributed by atoms with van der Waals surface area (Å²) in [5, 5.41) is 0. The van der Waals surface area contributed by atoms with E-state index in [2.05, 4.69) is 0 Å². The quantitative estimate of drug-likeness (QED) is 0.458. The van der Waals surface area contributed by atoms with Crippen LogP contribution in [0.5, 0.6) is 0 Å². The van der Waals surface area contributed by atoms with Crippen molar-refractivity contribution in [2.45, 2.75) is 26.3 Å². The lowest BCUT2D eigenvalue weighted by atomic mass is 9.87. The zero-order valence-corrected chi connectivity index (χ0v) is 7.41. The maximum absolute atomic E-state index is 10.4. The average Bonchev–Trinajstić information content (AvgIpc) is 2.48. The molecule has 0 amide bonds. The standard InChI is InChI=1S/C7H13BO4/c1-3-8-11-5-7(12-8)4-10-6(2)9/h7H,3-5H2,1-2H3. The van der Waals surface area contributed by atoms with Crippen molar-refractivity contribution in [2.75, 3.05) is 13.2 Å². The van der Waals surface area contributed by atoms with Gasteiger partial charge in [-0.2, -0.15) is 0 Å². The minimum Gasteiger partial charge on any atom is -0.463 e. The Bertz CT molecular complexity index is 161. The lowest BCUT2D eigenvalue weighted by Crippen LogP contribution is -2.21. The summed E-state index contributed by atoms with van der Waals surface area (Å²) in [7, 11) is -0.120. The normalized spacial score (nSPS) is 22.8. The predicted molar refractivity (Wildman–Crippen MR) is 43.7 cm³/mol. The van der Waals surface area contributed by atoms with Gasteiger partial charge < -0.3 is 14.0 Å². The van der Waals surface area contributed by atoms with E-state index in [0.29, 0.717) is 13.2 Å². The molecular weight excluding hydrogens is 159 g/mol. The molecule has 1 unspecified atom stereocenters. The molecule has 0 saturated carbocycles. The first-order valence-electron chi connectivity index (χ1n) is 4.12. The molecule has 0 aromatic rings. The van der Waals surface area contributed by atoms with Gasteiger partial charge in [-0.25, -0.2) is 0 Å². The van der Waals surface area contributed by atoms with Crippen LogP contribution in [0.1, 0.15) is 13.8 Å². The molecule has 0 aliphatic carbocycles. The van der Waals surface area contributed by atoms with Crippen LogP contribution in [0, 0.1) is 0 Å². The minimum atomic E-state index is -0.279. The van der Waals surface area contributed by atoms with Crippen molar-refractivity contribution in [1.29, 1.82) is 0 Å². The Hall–Kier alpha value is -0.545. The van der Waals surface area contributed by atoms with E-state index in [0.717, 1.165) is 6.32 Å². The molecule has 5 heteroatoms. The number of carbonyl (C=O) groups excluding carboxylic acids is 1. The molecule has 12 heavy (non-hydrogen) atoms. The van der Waals surface area contributed by atoms with Gasteiger partial charge in [0.15, 0.2) is 0 Å².